The second-order valence-electron chi connectivity index (χ2n) is 16.6. The van der Waals surface area contributed by atoms with Crippen LogP contribution in [-0.2, 0) is 0 Å². The van der Waals surface area contributed by atoms with Gasteiger partial charge >= 0.3 is 0 Å². The van der Waals surface area contributed by atoms with E-state index in [0.717, 1.165) is 123 Å². The number of aromatic nitrogens is 6. The standard InChI is InChI=1S/C57H40ClN9/c1-59-37-21-23-45-54(29-37)65(39-13-7-4-8-14-39)52-26-20-36(28-48(52)62-45)43-31-50-57(34-47(43)61-3)66(40-15-9-5-10-16-40)53-25-19-35(27-49(53)64-50)42-32-56-51(33-44(42)58)63-46-24-22-38(60-2)30-55(46)67(56)41-17-11-6-12-18-41/h4-34H,1-3H3/p+3. The van der Waals surface area contributed by atoms with Gasteiger partial charge in [0, 0.05) is 122 Å². The predicted octanol–water partition coefficient (Wildman–Crippen LogP) is 11.7. The lowest BCUT2D eigenvalue weighted by Gasteiger charge is -2.13. The Morgan fingerprint density at radius 2 is 0.761 bits per heavy atom. The Kier molecular flexibility index (Phi) is 9.66. The quantitative estimate of drug-likeness (QED) is 0.104. The molecule has 3 aromatic heterocycles. The lowest BCUT2D eigenvalue weighted by molar-refractivity contribution is -0.538. The third-order valence-corrected chi connectivity index (χ3v) is 13.1. The van der Waals surface area contributed by atoms with Gasteiger partial charge in [0.05, 0.1) is 5.02 Å². The minimum absolute atomic E-state index is 0.608. The van der Waals surface area contributed by atoms with Crippen molar-refractivity contribution >= 4 is 94.9 Å². The molecule has 67 heavy (non-hydrogen) atoms. The highest BCUT2D eigenvalue weighted by molar-refractivity contribution is 6.34. The van der Waals surface area contributed by atoms with Crippen LogP contribution in [0, 0.1) is 0 Å². The number of rotatable bonds is 8. The average molecular weight is 889 g/mol. The van der Waals surface area contributed by atoms with Gasteiger partial charge in [-0.25, -0.2) is 15.0 Å². The molecule has 12 aromatic rings. The average Bonchev–Trinajstić information content (AvgIpc) is 3.38. The summed E-state index contributed by atoms with van der Waals surface area (Å²) >= 11 is 7.26. The molecule has 0 unspecified atom stereocenters. The van der Waals surface area contributed by atoms with Crippen LogP contribution in [0.4, 0.5) is 17.1 Å². The van der Waals surface area contributed by atoms with Gasteiger partial charge < -0.3 is 16.0 Å². The molecule has 0 saturated heterocycles. The lowest BCUT2D eigenvalue weighted by atomic mass is 10.00. The Morgan fingerprint density at radius 1 is 0.343 bits per heavy atom. The lowest BCUT2D eigenvalue weighted by Crippen LogP contribution is -2.33. The third kappa shape index (κ3) is 6.78. The van der Waals surface area contributed by atoms with E-state index in [0.29, 0.717) is 5.02 Å². The SMILES string of the molecule is CNc1ccc2nc3cc(-c4cc5nc6cc(-c7cc8c(cc7Cl)nc7ccc(NC)cc7[n+]8-c7ccccc7)ccc6[n+](-c6ccccc6)c5cc4NC)ccc3[n+](-c3ccccc3)c2c1. The van der Waals surface area contributed by atoms with Crippen molar-refractivity contribution in [1.82, 2.24) is 15.0 Å². The van der Waals surface area contributed by atoms with Crippen LogP contribution in [0.25, 0.3) is 106 Å². The maximum atomic E-state index is 7.26. The molecule has 3 N–H and O–H groups in total. The second kappa shape index (κ2) is 16.2. The van der Waals surface area contributed by atoms with E-state index in [1.807, 2.05) is 57.5 Å². The minimum Gasteiger partial charge on any atom is -0.388 e. The Labute approximate surface area is 391 Å². The molecule has 0 spiro atoms. The first-order valence-electron chi connectivity index (χ1n) is 22.3. The van der Waals surface area contributed by atoms with Crippen molar-refractivity contribution in [2.24, 2.45) is 0 Å². The number of para-hydroxylation sites is 3. The zero-order chi connectivity index (χ0) is 45.2. The van der Waals surface area contributed by atoms with Crippen LogP contribution in [0.2, 0.25) is 5.02 Å². The normalized spacial score (nSPS) is 11.6. The van der Waals surface area contributed by atoms with Gasteiger partial charge in [-0.15, -0.1) is 13.7 Å². The molecule has 0 fully saturated rings. The number of benzene rings is 9. The van der Waals surface area contributed by atoms with Gasteiger partial charge in [0.2, 0.25) is 50.2 Å². The Hall–Kier alpha value is -8.53. The highest BCUT2D eigenvalue weighted by Gasteiger charge is 2.26. The molecular formula is C57H43ClN9+3. The number of fused-ring (bicyclic) bond motifs is 6. The molecule has 0 radical (unpaired) electrons. The van der Waals surface area contributed by atoms with Crippen molar-refractivity contribution < 1.29 is 13.7 Å². The fourth-order valence-corrected chi connectivity index (χ4v) is 9.79. The first kappa shape index (κ1) is 40.0. The van der Waals surface area contributed by atoms with E-state index in [1.165, 1.54) is 0 Å². The molecule has 0 amide bonds. The maximum Gasteiger partial charge on any atom is 0.239 e. The molecule has 0 saturated carbocycles. The van der Waals surface area contributed by atoms with Crippen molar-refractivity contribution in [2.75, 3.05) is 37.1 Å². The van der Waals surface area contributed by atoms with E-state index >= 15 is 0 Å². The molecule has 0 aliphatic rings. The monoisotopic (exact) mass is 888 g/mol. The van der Waals surface area contributed by atoms with Gasteiger partial charge in [-0.1, -0.05) is 66.2 Å². The molecule has 0 aliphatic heterocycles. The predicted molar refractivity (Wildman–Crippen MR) is 274 cm³/mol. The van der Waals surface area contributed by atoms with Gasteiger partial charge in [0.1, 0.15) is 33.1 Å². The first-order chi connectivity index (χ1) is 33.0. The van der Waals surface area contributed by atoms with Gasteiger partial charge in [-0.05, 0) is 71.8 Å². The van der Waals surface area contributed by atoms with Gasteiger partial charge in [0.25, 0.3) is 0 Å². The van der Waals surface area contributed by atoms with E-state index in [2.05, 4.69) is 181 Å². The van der Waals surface area contributed by atoms with Crippen LogP contribution >= 0.6 is 11.6 Å². The molecule has 10 heteroatoms. The number of anilines is 3. The summed E-state index contributed by atoms with van der Waals surface area (Å²) < 4.78 is 6.85. The fraction of sp³-hybridized carbons (Fsp3) is 0.0526. The smallest absolute Gasteiger partial charge is 0.239 e. The number of hydrogen-bond donors (Lipinski definition) is 3. The molecule has 0 aliphatic carbocycles. The number of nitrogens with one attached hydrogen (secondary N) is 3. The van der Waals surface area contributed by atoms with Crippen LogP contribution in [0.15, 0.2) is 188 Å². The topological polar surface area (TPSA) is 86.4 Å². The van der Waals surface area contributed by atoms with E-state index < -0.39 is 0 Å². The summed E-state index contributed by atoms with van der Waals surface area (Å²) in [5.41, 5.74) is 21.0. The van der Waals surface area contributed by atoms with Crippen LogP contribution in [0.3, 0.4) is 0 Å². The molecule has 9 aromatic carbocycles. The van der Waals surface area contributed by atoms with Crippen molar-refractivity contribution in [3.05, 3.63) is 193 Å². The number of hydrogen-bond acceptors (Lipinski definition) is 6. The summed E-state index contributed by atoms with van der Waals surface area (Å²) in [4.78, 5) is 15.8. The Balaban J connectivity index is 1.07. The van der Waals surface area contributed by atoms with Gasteiger partial charge in [0.15, 0.2) is 0 Å². The van der Waals surface area contributed by atoms with E-state index in [-0.39, 0.29) is 0 Å². The molecule has 12 rings (SSSR count). The largest absolute Gasteiger partial charge is 0.388 e. The highest BCUT2D eigenvalue weighted by atomic mass is 35.5. The fourth-order valence-electron chi connectivity index (χ4n) is 9.52. The summed E-state index contributed by atoms with van der Waals surface area (Å²) in [6.07, 6.45) is 0. The van der Waals surface area contributed by atoms with Crippen LogP contribution in [0.1, 0.15) is 0 Å². The molecule has 0 atom stereocenters. The summed E-state index contributed by atoms with van der Waals surface area (Å²) in [6.45, 7) is 0. The maximum absolute atomic E-state index is 7.26. The third-order valence-electron chi connectivity index (χ3n) is 12.8. The van der Waals surface area contributed by atoms with Gasteiger partial charge in [-0.3, -0.25) is 0 Å². The van der Waals surface area contributed by atoms with Crippen molar-refractivity contribution in [2.45, 2.75) is 0 Å². The molecule has 3 heterocycles. The minimum atomic E-state index is 0.608. The van der Waals surface area contributed by atoms with Crippen LogP contribution in [-0.4, -0.2) is 36.1 Å². The Morgan fingerprint density at radius 3 is 1.25 bits per heavy atom. The van der Waals surface area contributed by atoms with Crippen molar-refractivity contribution in [3.8, 4) is 39.3 Å². The molecular weight excluding hydrogens is 846 g/mol. The van der Waals surface area contributed by atoms with Crippen molar-refractivity contribution in [1.29, 1.82) is 0 Å². The summed E-state index contributed by atoms with van der Waals surface area (Å²) in [6, 6.07) is 65.4. The molecule has 9 nitrogen and oxygen atoms in total. The van der Waals surface area contributed by atoms with Gasteiger partial charge in [-0.2, -0.15) is 0 Å². The number of nitrogens with zero attached hydrogens (tertiary/aromatic N) is 6. The zero-order valence-corrected chi connectivity index (χ0v) is 37.7. The summed E-state index contributed by atoms with van der Waals surface area (Å²) in [7, 11) is 5.85. The molecule has 320 valence electrons. The first-order valence-corrected chi connectivity index (χ1v) is 22.7. The van der Waals surface area contributed by atoms with E-state index in [1.54, 1.807) is 0 Å². The Bertz CT molecular complexity index is 3940. The molecule has 0 bridgehead atoms. The van der Waals surface area contributed by atoms with Crippen LogP contribution < -0.4 is 29.7 Å². The summed E-state index contributed by atoms with van der Waals surface area (Å²) in [5, 5.41) is 10.7. The number of halogens is 1. The van der Waals surface area contributed by atoms with Crippen LogP contribution in [0.5, 0.6) is 0 Å². The summed E-state index contributed by atoms with van der Waals surface area (Å²) in [5.74, 6) is 0. The van der Waals surface area contributed by atoms with E-state index in [4.69, 9.17) is 26.6 Å². The second-order valence-corrected chi connectivity index (χ2v) is 17.0. The van der Waals surface area contributed by atoms with E-state index in [9.17, 15) is 0 Å². The highest BCUT2D eigenvalue weighted by Crippen LogP contribution is 2.37. The zero-order valence-electron chi connectivity index (χ0n) is 37.0. The van der Waals surface area contributed by atoms with Crippen molar-refractivity contribution in [3.63, 3.8) is 0 Å².